The number of ether oxygens (including phenoxy) is 1. The number of Topliss-reactive ketones (excluding diaryl/α,β-unsaturated/α-hetero) is 1. The Morgan fingerprint density at radius 3 is 2.67 bits per heavy atom. The lowest BCUT2D eigenvalue weighted by Gasteiger charge is -2.32. The molecule has 178 valence electrons. The molecule has 1 aliphatic heterocycles. The first-order valence-electron chi connectivity index (χ1n) is 11.7. The molecule has 0 radical (unpaired) electrons. The van der Waals surface area contributed by atoms with Crippen molar-refractivity contribution in [3.63, 3.8) is 0 Å². The highest BCUT2D eigenvalue weighted by Crippen LogP contribution is 2.38. The van der Waals surface area contributed by atoms with Crippen molar-refractivity contribution in [1.29, 1.82) is 0 Å². The molecule has 7 heteroatoms. The molecule has 1 aliphatic rings. The van der Waals surface area contributed by atoms with E-state index in [1.165, 1.54) is 10.5 Å². The Labute approximate surface area is 211 Å². The van der Waals surface area contributed by atoms with Gasteiger partial charge in [0.15, 0.2) is 11.9 Å². The monoisotopic (exact) mass is 494 g/mol. The molecule has 36 heavy (non-hydrogen) atoms. The zero-order valence-corrected chi connectivity index (χ0v) is 20.3. The zero-order valence-electron chi connectivity index (χ0n) is 19.5. The summed E-state index contributed by atoms with van der Waals surface area (Å²) in [6.07, 6.45) is 0.0665. The summed E-state index contributed by atoms with van der Waals surface area (Å²) in [5.41, 5.74) is 4.07. The van der Waals surface area contributed by atoms with Gasteiger partial charge in [0, 0.05) is 22.8 Å². The second-order valence-corrected chi connectivity index (χ2v) is 9.67. The van der Waals surface area contributed by atoms with Crippen molar-refractivity contribution >= 4 is 39.7 Å². The van der Waals surface area contributed by atoms with Crippen molar-refractivity contribution in [2.75, 3.05) is 11.4 Å². The molecular weight excluding hydrogens is 472 g/mol. The lowest BCUT2D eigenvalue weighted by Crippen LogP contribution is -2.46. The number of hydrogen-bond acceptors (Lipinski definition) is 6. The van der Waals surface area contributed by atoms with Gasteiger partial charge >= 0.3 is 0 Å². The van der Waals surface area contributed by atoms with Crippen LogP contribution in [0.25, 0.3) is 22.2 Å². The van der Waals surface area contributed by atoms with Gasteiger partial charge in [-0.3, -0.25) is 14.5 Å². The average molecular weight is 495 g/mol. The number of carbonyl (C=O) groups is 2. The van der Waals surface area contributed by atoms with Gasteiger partial charge in [0.2, 0.25) is 5.78 Å². The number of rotatable bonds is 6. The van der Waals surface area contributed by atoms with Crippen molar-refractivity contribution in [3.05, 3.63) is 101 Å². The highest BCUT2D eigenvalue weighted by Gasteiger charge is 2.34. The average Bonchev–Trinajstić information content (AvgIpc) is 3.54. The van der Waals surface area contributed by atoms with Gasteiger partial charge in [0.25, 0.3) is 5.91 Å². The lowest BCUT2D eigenvalue weighted by molar-refractivity contribution is -0.125. The molecule has 0 fully saturated rings. The number of nitrogens with zero attached hydrogens (tertiary/aromatic N) is 2. The number of aromatic nitrogens is 1. The number of benzene rings is 3. The number of anilines is 1. The van der Waals surface area contributed by atoms with Crippen LogP contribution in [0.15, 0.2) is 88.7 Å². The quantitative estimate of drug-likeness (QED) is 0.265. The van der Waals surface area contributed by atoms with Crippen molar-refractivity contribution in [1.82, 2.24) is 4.98 Å². The van der Waals surface area contributed by atoms with Gasteiger partial charge in [-0.25, -0.2) is 4.98 Å². The van der Waals surface area contributed by atoms with E-state index in [1.807, 2.05) is 66.0 Å². The summed E-state index contributed by atoms with van der Waals surface area (Å²) in [6, 6.07) is 25.0. The molecule has 0 bridgehead atoms. The van der Waals surface area contributed by atoms with Crippen molar-refractivity contribution < 1.29 is 18.7 Å². The number of fused-ring (bicyclic) bond motifs is 2. The van der Waals surface area contributed by atoms with E-state index in [2.05, 4.69) is 12.1 Å². The Hall–Kier alpha value is -4.23. The van der Waals surface area contributed by atoms with E-state index in [0.717, 1.165) is 28.1 Å². The van der Waals surface area contributed by atoms with Crippen LogP contribution in [0.1, 0.15) is 28.0 Å². The molecule has 3 aromatic carbocycles. The molecule has 1 atom stereocenters. The zero-order chi connectivity index (χ0) is 24.6. The molecule has 5 aromatic rings. The maximum atomic E-state index is 13.1. The SMILES string of the molecule is CC1Oc2ccc(-c3csc(Cc4ccccc4)n3)cc2N(CC(=O)c2cc3ccccc3o2)C1=O. The largest absolute Gasteiger partial charge is 0.479 e. The highest BCUT2D eigenvalue weighted by molar-refractivity contribution is 7.10. The van der Waals surface area contributed by atoms with Gasteiger partial charge in [-0.05, 0) is 42.8 Å². The summed E-state index contributed by atoms with van der Waals surface area (Å²) in [6.45, 7) is 1.55. The molecule has 0 spiro atoms. The first-order valence-corrected chi connectivity index (χ1v) is 12.6. The Kier molecular flexibility index (Phi) is 5.62. The minimum Gasteiger partial charge on any atom is -0.479 e. The van der Waals surface area contributed by atoms with Crippen LogP contribution in [0.5, 0.6) is 5.75 Å². The van der Waals surface area contributed by atoms with Crippen LogP contribution in [0, 0.1) is 0 Å². The van der Waals surface area contributed by atoms with Crippen molar-refractivity contribution in [2.24, 2.45) is 0 Å². The fourth-order valence-electron chi connectivity index (χ4n) is 4.37. The molecule has 6 nitrogen and oxygen atoms in total. The number of hydrogen-bond donors (Lipinski definition) is 0. The predicted molar refractivity (Wildman–Crippen MR) is 140 cm³/mol. The fourth-order valence-corrected chi connectivity index (χ4v) is 5.20. The minimum atomic E-state index is -0.691. The van der Waals surface area contributed by atoms with E-state index < -0.39 is 6.10 Å². The number of thiazole rings is 1. The van der Waals surface area contributed by atoms with Crippen LogP contribution >= 0.6 is 11.3 Å². The highest BCUT2D eigenvalue weighted by atomic mass is 32.1. The maximum Gasteiger partial charge on any atom is 0.268 e. The molecule has 2 aromatic heterocycles. The Balaban J connectivity index is 1.29. The topological polar surface area (TPSA) is 72.6 Å². The van der Waals surface area contributed by atoms with E-state index in [1.54, 1.807) is 24.3 Å². The van der Waals surface area contributed by atoms with Crippen LogP contribution in [0.2, 0.25) is 0 Å². The Morgan fingerprint density at radius 2 is 1.83 bits per heavy atom. The number of furan rings is 1. The van der Waals surface area contributed by atoms with Crippen LogP contribution < -0.4 is 9.64 Å². The summed E-state index contributed by atoms with van der Waals surface area (Å²) < 4.78 is 11.6. The molecule has 6 rings (SSSR count). The molecule has 1 unspecified atom stereocenters. The Bertz CT molecular complexity index is 1550. The lowest BCUT2D eigenvalue weighted by atomic mass is 10.1. The smallest absolute Gasteiger partial charge is 0.268 e. The van der Waals surface area contributed by atoms with Gasteiger partial charge in [-0.2, -0.15) is 0 Å². The van der Waals surface area contributed by atoms with E-state index in [-0.39, 0.29) is 24.0 Å². The third kappa shape index (κ3) is 4.18. The van der Waals surface area contributed by atoms with Gasteiger partial charge in [-0.15, -0.1) is 11.3 Å². The number of carbonyl (C=O) groups excluding carboxylic acids is 2. The Morgan fingerprint density at radius 1 is 1.03 bits per heavy atom. The van der Waals surface area contributed by atoms with Gasteiger partial charge in [-0.1, -0.05) is 48.5 Å². The summed E-state index contributed by atoms with van der Waals surface area (Å²) in [5, 5.41) is 3.87. The number of amides is 1. The third-order valence-electron chi connectivity index (χ3n) is 6.22. The van der Waals surface area contributed by atoms with Gasteiger partial charge in [0.1, 0.15) is 11.3 Å². The summed E-state index contributed by atoms with van der Waals surface area (Å²) >= 11 is 1.60. The first-order chi connectivity index (χ1) is 17.5. The summed E-state index contributed by atoms with van der Waals surface area (Å²) in [5.74, 6) is 0.241. The van der Waals surface area contributed by atoms with Crippen LogP contribution in [-0.4, -0.2) is 29.3 Å². The molecule has 1 amide bonds. The van der Waals surface area contributed by atoms with E-state index >= 15 is 0 Å². The van der Waals surface area contributed by atoms with Gasteiger partial charge < -0.3 is 9.15 Å². The standard InChI is InChI=1S/C29H22N2O4S/c1-18-29(33)31(16-24(32)27-15-21-9-5-6-10-25(21)35-27)23-14-20(11-12-26(23)34-18)22-17-36-28(30-22)13-19-7-3-2-4-8-19/h2-12,14-15,17-18H,13,16H2,1H3. The van der Waals surface area contributed by atoms with Crippen LogP contribution in [0.4, 0.5) is 5.69 Å². The van der Waals surface area contributed by atoms with E-state index in [9.17, 15) is 9.59 Å². The maximum absolute atomic E-state index is 13.1. The van der Waals surface area contributed by atoms with Crippen molar-refractivity contribution in [2.45, 2.75) is 19.4 Å². The molecule has 0 N–H and O–H groups in total. The molecule has 3 heterocycles. The number of para-hydroxylation sites is 1. The molecule has 0 aliphatic carbocycles. The predicted octanol–water partition coefficient (Wildman–Crippen LogP) is 6.14. The summed E-state index contributed by atoms with van der Waals surface area (Å²) in [7, 11) is 0. The molecular formula is C29H22N2O4S. The molecule has 0 saturated carbocycles. The second-order valence-electron chi connectivity index (χ2n) is 8.73. The first kappa shape index (κ1) is 22.2. The van der Waals surface area contributed by atoms with Crippen LogP contribution in [-0.2, 0) is 11.2 Å². The van der Waals surface area contributed by atoms with Crippen LogP contribution in [0.3, 0.4) is 0 Å². The third-order valence-corrected chi connectivity index (χ3v) is 7.06. The minimum absolute atomic E-state index is 0.140. The normalized spacial score (nSPS) is 15.1. The van der Waals surface area contributed by atoms with E-state index in [0.29, 0.717) is 17.0 Å². The summed E-state index contributed by atoms with van der Waals surface area (Å²) in [4.78, 5) is 32.5. The van der Waals surface area contributed by atoms with Gasteiger partial charge in [0.05, 0.1) is 22.9 Å². The van der Waals surface area contributed by atoms with Crippen molar-refractivity contribution in [3.8, 4) is 17.0 Å². The molecule has 0 saturated heterocycles. The second kappa shape index (κ2) is 9.09. The number of ketones is 1. The fraction of sp³-hybridized carbons (Fsp3) is 0.138. The van der Waals surface area contributed by atoms with E-state index in [4.69, 9.17) is 14.1 Å².